The van der Waals surface area contributed by atoms with Gasteiger partial charge in [0.2, 0.25) is 0 Å². The van der Waals surface area contributed by atoms with Crippen molar-refractivity contribution in [3.05, 3.63) is 29.6 Å². The van der Waals surface area contributed by atoms with Crippen molar-refractivity contribution >= 4 is 0 Å². The SMILES string of the molecule is CC(C)n1cc(CNCc2nnc3n2CCCC3C(F)(F)F)cn1. The van der Waals surface area contributed by atoms with E-state index in [-0.39, 0.29) is 12.2 Å². The summed E-state index contributed by atoms with van der Waals surface area (Å²) in [4.78, 5) is 0. The summed E-state index contributed by atoms with van der Waals surface area (Å²) >= 11 is 0. The van der Waals surface area contributed by atoms with Crippen molar-refractivity contribution in [2.75, 3.05) is 0 Å². The lowest BCUT2D eigenvalue weighted by atomic mass is 9.98. The van der Waals surface area contributed by atoms with Crippen LogP contribution >= 0.6 is 0 Å². The first-order valence-electron chi connectivity index (χ1n) is 8.08. The van der Waals surface area contributed by atoms with Gasteiger partial charge in [0.05, 0.1) is 12.7 Å². The van der Waals surface area contributed by atoms with Crippen molar-refractivity contribution in [1.29, 1.82) is 0 Å². The van der Waals surface area contributed by atoms with E-state index in [4.69, 9.17) is 0 Å². The van der Waals surface area contributed by atoms with E-state index in [0.29, 0.717) is 37.9 Å². The quantitative estimate of drug-likeness (QED) is 0.908. The molecule has 0 bridgehead atoms. The van der Waals surface area contributed by atoms with Gasteiger partial charge in [0.1, 0.15) is 17.6 Å². The Kier molecular flexibility index (Phi) is 4.62. The summed E-state index contributed by atoms with van der Waals surface area (Å²) in [5.74, 6) is -0.912. The van der Waals surface area contributed by atoms with E-state index in [2.05, 4.69) is 20.6 Å². The molecule has 2 aromatic rings. The summed E-state index contributed by atoms with van der Waals surface area (Å²) in [5, 5.41) is 15.2. The maximum atomic E-state index is 13.1. The zero-order valence-electron chi connectivity index (χ0n) is 13.7. The molecular formula is C15H21F3N6. The Bertz CT molecular complexity index is 688. The predicted octanol–water partition coefficient (Wildman–Crippen LogP) is 2.79. The average molecular weight is 342 g/mol. The van der Waals surface area contributed by atoms with Crippen molar-refractivity contribution in [1.82, 2.24) is 29.9 Å². The number of alkyl halides is 3. The maximum Gasteiger partial charge on any atom is 0.398 e. The molecule has 24 heavy (non-hydrogen) atoms. The third kappa shape index (κ3) is 3.45. The molecule has 0 aliphatic carbocycles. The summed E-state index contributed by atoms with van der Waals surface area (Å²) < 4.78 is 42.7. The molecule has 0 fully saturated rings. The molecule has 3 heterocycles. The molecule has 3 rings (SSSR count). The number of hydrogen-bond donors (Lipinski definition) is 1. The van der Waals surface area contributed by atoms with E-state index >= 15 is 0 Å². The highest BCUT2D eigenvalue weighted by Crippen LogP contribution is 2.40. The van der Waals surface area contributed by atoms with E-state index in [0.717, 1.165) is 5.56 Å². The zero-order valence-corrected chi connectivity index (χ0v) is 13.7. The molecular weight excluding hydrogens is 321 g/mol. The van der Waals surface area contributed by atoms with Crippen LogP contribution in [0, 0.1) is 0 Å². The number of nitrogens with zero attached hydrogens (tertiary/aromatic N) is 5. The van der Waals surface area contributed by atoms with Gasteiger partial charge in [0.15, 0.2) is 0 Å². The number of hydrogen-bond acceptors (Lipinski definition) is 4. The fourth-order valence-corrected chi connectivity index (χ4v) is 2.94. The average Bonchev–Trinajstić information content (AvgIpc) is 3.13. The van der Waals surface area contributed by atoms with E-state index in [1.165, 1.54) is 0 Å². The Morgan fingerprint density at radius 2 is 2.08 bits per heavy atom. The van der Waals surface area contributed by atoms with Crippen LogP contribution in [0.4, 0.5) is 13.2 Å². The van der Waals surface area contributed by atoms with Gasteiger partial charge < -0.3 is 9.88 Å². The second-order valence-corrected chi connectivity index (χ2v) is 6.39. The standard InChI is InChI=1S/C15H21F3N6/c1-10(2)24-9-11(7-20-24)6-19-8-13-21-22-14-12(15(16,17)18)4-3-5-23(13)14/h7,9-10,12,19H,3-6,8H2,1-2H3. The van der Waals surface area contributed by atoms with Crippen molar-refractivity contribution in [2.24, 2.45) is 0 Å². The molecule has 1 aliphatic rings. The highest BCUT2D eigenvalue weighted by molar-refractivity contribution is 5.08. The first-order chi connectivity index (χ1) is 11.4. The number of aromatic nitrogens is 5. The van der Waals surface area contributed by atoms with Crippen LogP contribution in [0.15, 0.2) is 12.4 Å². The summed E-state index contributed by atoms with van der Waals surface area (Å²) in [6.45, 7) is 5.59. The summed E-state index contributed by atoms with van der Waals surface area (Å²) in [6.07, 6.45) is 0.0523. The van der Waals surface area contributed by atoms with Crippen LogP contribution in [0.25, 0.3) is 0 Å². The monoisotopic (exact) mass is 342 g/mol. The van der Waals surface area contributed by atoms with Gasteiger partial charge in [-0.3, -0.25) is 4.68 Å². The van der Waals surface area contributed by atoms with Gasteiger partial charge in [-0.1, -0.05) is 0 Å². The lowest BCUT2D eigenvalue weighted by Crippen LogP contribution is -2.29. The molecule has 1 atom stereocenters. The minimum absolute atomic E-state index is 0.0400. The Balaban J connectivity index is 1.63. The normalized spacial score (nSPS) is 18.2. The fraction of sp³-hybridized carbons (Fsp3) is 0.667. The van der Waals surface area contributed by atoms with Gasteiger partial charge in [-0.05, 0) is 26.7 Å². The molecule has 0 radical (unpaired) electrons. The van der Waals surface area contributed by atoms with Gasteiger partial charge in [-0.2, -0.15) is 18.3 Å². The molecule has 0 aromatic carbocycles. The van der Waals surface area contributed by atoms with E-state index in [1.54, 1.807) is 10.8 Å². The highest BCUT2D eigenvalue weighted by atomic mass is 19.4. The van der Waals surface area contributed by atoms with Crippen molar-refractivity contribution in [2.45, 2.75) is 64.5 Å². The molecule has 0 saturated carbocycles. The lowest BCUT2D eigenvalue weighted by Gasteiger charge is -2.25. The van der Waals surface area contributed by atoms with E-state index in [1.807, 2.05) is 24.7 Å². The second-order valence-electron chi connectivity index (χ2n) is 6.39. The van der Waals surface area contributed by atoms with Crippen LogP contribution in [0.1, 0.15) is 55.9 Å². The van der Waals surface area contributed by atoms with Crippen LogP contribution in [-0.4, -0.2) is 30.7 Å². The molecule has 0 saturated heterocycles. The third-order valence-electron chi connectivity index (χ3n) is 4.23. The van der Waals surface area contributed by atoms with Crippen molar-refractivity contribution in [3.63, 3.8) is 0 Å². The lowest BCUT2D eigenvalue weighted by molar-refractivity contribution is -0.156. The Morgan fingerprint density at radius 3 is 2.75 bits per heavy atom. The zero-order chi connectivity index (χ0) is 17.3. The third-order valence-corrected chi connectivity index (χ3v) is 4.23. The van der Waals surface area contributed by atoms with Gasteiger partial charge >= 0.3 is 6.18 Å². The minimum atomic E-state index is -4.26. The number of halogens is 3. The molecule has 9 heteroatoms. The van der Waals surface area contributed by atoms with Crippen molar-refractivity contribution in [3.8, 4) is 0 Å². The molecule has 1 unspecified atom stereocenters. The largest absolute Gasteiger partial charge is 0.398 e. The highest BCUT2D eigenvalue weighted by Gasteiger charge is 2.45. The first-order valence-corrected chi connectivity index (χ1v) is 8.08. The van der Waals surface area contributed by atoms with Gasteiger partial charge in [0.25, 0.3) is 0 Å². The summed E-state index contributed by atoms with van der Waals surface area (Å²) in [7, 11) is 0. The minimum Gasteiger partial charge on any atom is -0.313 e. The predicted molar refractivity (Wildman–Crippen MR) is 81.2 cm³/mol. The number of rotatable bonds is 5. The van der Waals surface area contributed by atoms with Gasteiger partial charge in [-0.15, -0.1) is 10.2 Å². The molecule has 1 N–H and O–H groups in total. The smallest absolute Gasteiger partial charge is 0.313 e. The maximum absolute atomic E-state index is 13.1. The van der Waals surface area contributed by atoms with Crippen LogP contribution in [-0.2, 0) is 19.6 Å². The number of nitrogens with one attached hydrogen (secondary N) is 1. The molecule has 0 amide bonds. The Hall–Kier alpha value is -1.90. The second kappa shape index (κ2) is 6.54. The van der Waals surface area contributed by atoms with Gasteiger partial charge in [0, 0.05) is 30.9 Å². The molecule has 1 aliphatic heterocycles. The summed E-state index contributed by atoms with van der Waals surface area (Å²) in [6, 6.07) is 0.293. The molecule has 6 nitrogen and oxygen atoms in total. The first kappa shape index (κ1) is 16.9. The van der Waals surface area contributed by atoms with Crippen molar-refractivity contribution < 1.29 is 13.2 Å². The van der Waals surface area contributed by atoms with Crippen LogP contribution in [0.3, 0.4) is 0 Å². The van der Waals surface area contributed by atoms with Gasteiger partial charge in [-0.25, -0.2) is 0 Å². The topological polar surface area (TPSA) is 60.6 Å². The molecule has 0 spiro atoms. The summed E-state index contributed by atoms with van der Waals surface area (Å²) in [5.41, 5.74) is 1.02. The Morgan fingerprint density at radius 1 is 1.29 bits per heavy atom. The Labute approximate surface area is 138 Å². The van der Waals surface area contributed by atoms with Crippen LogP contribution in [0.2, 0.25) is 0 Å². The van der Waals surface area contributed by atoms with Crippen LogP contribution in [0.5, 0.6) is 0 Å². The van der Waals surface area contributed by atoms with Crippen LogP contribution < -0.4 is 5.32 Å². The van der Waals surface area contributed by atoms with E-state index < -0.39 is 12.1 Å². The fourth-order valence-electron chi connectivity index (χ4n) is 2.94. The van der Waals surface area contributed by atoms with E-state index in [9.17, 15) is 13.2 Å². The molecule has 2 aromatic heterocycles. The molecule has 132 valence electrons. The number of fused-ring (bicyclic) bond motifs is 1.